The second-order valence-corrected chi connectivity index (χ2v) is 5.60. The van der Waals surface area contributed by atoms with E-state index in [1.165, 1.54) is 0 Å². The van der Waals surface area contributed by atoms with E-state index in [1.54, 1.807) is 53.6 Å². The molecule has 1 aromatic carbocycles. The van der Waals surface area contributed by atoms with E-state index in [0.29, 0.717) is 36.5 Å². The lowest BCUT2D eigenvalue weighted by Gasteiger charge is -2.10. The molecule has 0 aliphatic rings. The molecule has 0 saturated heterocycles. The highest BCUT2D eigenvalue weighted by atomic mass is 16.2. The zero-order valence-corrected chi connectivity index (χ0v) is 14.1. The van der Waals surface area contributed by atoms with Gasteiger partial charge in [-0.2, -0.15) is 5.10 Å². The topological polar surface area (TPSA) is 88.9 Å². The lowest BCUT2D eigenvalue weighted by atomic mass is 10.2. The molecule has 0 aliphatic heterocycles. The summed E-state index contributed by atoms with van der Waals surface area (Å²) in [5.41, 5.74) is 1.20. The molecular formula is C19H19N5O2. The van der Waals surface area contributed by atoms with Crippen LogP contribution >= 0.6 is 0 Å². The Balaban J connectivity index is 1.47. The standard InChI is InChI=1S/C19H19N5O2/c25-17(10-5-12-21-19(26)15-7-2-1-3-8-15)23-16-9-4-11-20-18(16)24-14-6-13-22-24/h1-4,6-9,11,13-14H,5,10,12H2,(H,21,26)(H,23,25). The molecule has 0 atom stereocenters. The van der Waals surface area contributed by atoms with Crippen molar-refractivity contribution in [3.63, 3.8) is 0 Å². The fourth-order valence-electron chi connectivity index (χ4n) is 2.43. The van der Waals surface area contributed by atoms with E-state index in [1.807, 2.05) is 18.2 Å². The Bertz CT molecular complexity index is 863. The van der Waals surface area contributed by atoms with Crippen LogP contribution in [-0.4, -0.2) is 33.1 Å². The van der Waals surface area contributed by atoms with E-state index < -0.39 is 0 Å². The Morgan fingerprint density at radius 3 is 2.62 bits per heavy atom. The molecule has 26 heavy (non-hydrogen) atoms. The third-order valence-electron chi connectivity index (χ3n) is 3.68. The molecule has 7 nitrogen and oxygen atoms in total. The van der Waals surface area contributed by atoms with Gasteiger partial charge in [0.05, 0.1) is 5.69 Å². The summed E-state index contributed by atoms with van der Waals surface area (Å²) in [5, 5.41) is 9.78. The van der Waals surface area contributed by atoms with Gasteiger partial charge in [-0.1, -0.05) is 18.2 Å². The van der Waals surface area contributed by atoms with Crippen LogP contribution in [0, 0.1) is 0 Å². The second-order valence-electron chi connectivity index (χ2n) is 5.60. The van der Waals surface area contributed by atoms with Gasteiger partial charge in [0.25, 0.3) is 5.91 Å². The van der Waals surface area contributed by atoms with Crippen molar-refractivity contribution in [1.82, 2.24) is 20.1 Å². The lowest BCUT2D eigenvalue weighted by Crippen LogP contribution is -2.25. The van der Waals surface area contributed by atoms with E-state index in [0.717, 1.165) is 0 Å². The van der Waals surface area contributed by atoms with Gasteiger partial charge in [0, 0.05) is 37.1 Å². The van der Waals surface area contributed by atoms with E-state index in [-0.39, 0.29) is 11.8 Å². The highest BCUT2D eigenvalue weighted by molar-refractivity contribution is 5.94. The van der Waals surface area contributed by atoms with Gasteiger partial charge >= 0.3 is 0 Å². The third kappa shape index (κ3) is 4.54. The minimum atomic E-state index is -0.140. The first-order chi connectivity index (χ1) is 12.7. The maximum absolute atomic E-state index is 12.2. The van der Waals surface area contributed by atoms with Crippen LogP contribution in [0.2, 0.25) is 0 Å². The Kier molecular flexibility index (Phi) is 5.72. The number of nitrogens with zero attached hydrogens (tertiary/aromatic N) is 3. The van der Waals surface area contributed by atoms with Crippen LogP contribution in [0.3, 0.4) is 0 Å². The first-order valence-corrected chi connectivity index (χ1v) is 8.32. The quantitative estimate of drug-likeness (QED) is 0.641. The van der Waals surface area contributed by atoms with Crippen molar-refractivity contribution in [2.45, 2.75) is 12.8 Å². The molecule has 0 bridgehead atoms. The number of amides is 2. The van der Waals surface area contributed by atoms with E-state index >= 15 is 0 Å². The van der Waals surface area contributed by atoms with Gasteiger partial charge < -0.3 is 10.6 Å². The summed E-state index contributed by atoms with van der Waals surface area (Å²) in [6.45, 7) is 0.431. The maximum Gasteiger partial charge on any atom is 0.251 e. The molecule has 3 rings (SSSR count). The summed E-state index contributed by atoms with van der Waals surface area (Å²) in [4.78, 5) is 28.4. The van der Waals surface area contributed by atoms with Crippen molar-refractivity contribution in [2.75, 3.05) is 11.9 Å². The Morgan fingerprint density at radius 2 is 1.85 bits per heavy atom. The van der Waals surface area contributed by atoms with Gasteiger partial charge in [-0.15, -0.1) is 0 Å². The minimum absolute atomic E-state index is 0.139. The summed E-state index contributed by atoms with van der Waals surface area (Å²) in [5.74, 6) is 0.280. The number of nitrogens with one attached hydrogen (secondary N) is 2. The SMILES string of the molecule is O=C(CCCNC(=O)c1ccccc1)Nc1cccnc1-n1cccn1. The molecule has 2 N–H and O–H groups in total. The third-order valence-corrected chi connectivity index (χ3v) is 3.68. The van der Waals surface area contributed by atoms with Crippen molar-refractivity contribution < 1.29 is 9.59 Å². The summed E-state index contributed by atoms with van der Waals surface area (Å²) in [6.07, 6.45) is 5.89. The molecule has 0 unspecified atom stereocenters. The van der Waals surface area contributed by atoms with Crippen LogP contribution < -0.4 is 10.6 Å². The van der Waals surface area contributed by atoms with Crippen molar-refractivity contribution in [3.8, 4) is 5.82 Å². The van der Waals surface area contributed by atoms with Crippen LogP contribution in [0.5, 0.6) is 0 Å². The molecule has 7 heteroatoms. The number of anilines is 1. The number of carbonyl (C=O) groups is 2. The molecule has 0 spiro atoms. The summed E-state index contributed by atoms with van der Waals surface area (Å²) in [7, 11) is 0. The van der Waals surface area contributed by atoms with Crippen LogP contribution in [-0.2, 0) is 4.79 Å². The van der Waals surface area contributed by atoms with Crippen LogP contribution in [0.25, 0.3) is 5.82 Å². The van der Waals surface area contributed by atoms with Gasteiger partial charge in [0.15, 0.2) is 5.82 Å². The molecule has 0 fully saturated rings. The highest BCUT2D eigenvalue weighted by Crippen LogP contribution is 2.16. The Morgan fingerprint density at radius 1 is 1.00 bits per heavy atom. The van der Waals surface area contributed by atoms with Gasteiger partial charge in [-0.25, -0.2) is 9.67 Å². The Hall–Kier alpha value is -3.48. The molecule has 0 aliphatic carbocycles. The Labute approximate surface area is 151 Å². The zero-order valence-electron chi connectivity index (χ0n) is 14.1. The van der Waals surface area contributed by atoms with Crippen molar-refractivity contribution in [3.05, 3.63) is 72.7 Å². The summed E-state index contributed by atoms with van der Waals surface area (Å²) in [6, 6.07) is 14.3. The van der Waals surface area contributed by atoms with E-state index in [9.17, 15) is 9.59 Å². The monoisotopic (exact) mass is 349 g/mol. The van der Waals surface area contributed by atoms with Crippen LogP contribution in [0.1, 0.15) is 23.2 Å². The number of hydrogen-bond donors (Lipinski definition) is 2. The average molecular weight is 349 g/mol. The number of carbonyl (C=O) groups excluding carboxylic acids is 2. The summed E-state index contributed by atoms with van der Waals surface area (Å²) >= 11 is 0. The number of pyridine rings is 1. The number of aromatic nitrogens is 3. The number of rotatable bonds is 7. The second kappa shape index (κ2) is 8.57. The fourth-order valence-corrected chi connectivity index (χ4v) is 2.43. The number of hydrogen-bond acceptors (Lipinski definition) is 4. The molecule has 2 amide bonds. The fraction of sp³-hybridized carbons (Fsp3) is 0.158. The normalized spacial score (nSPS) is 10.3. The van der Waals surface area contributed by atoms with Crippen molar-refractivity contribution in [2.24, 2.45) is 0 Å². The maximum atomic E-state index is 12.2. The predicted octanol–water partition coefficient (Wildman–Crippen LogP) is 2.42. The average Bonchev–Trinajstić information content (AvgIpc) is 3.21. The molecule has 132 valence electrons. The molecular weight excluding hydrogens is 330 g/mol. The minimum Gasteiger partial charge on any atom is -0.352 e. The van der Waals surface area contributed by atoms with Crippen molar-refractivity contribution >= 4 is 17.5 Å². The molecule has 3 aromatic rings. The van der Waals surface area contributed by atoms with Gasteiger partial charge in [-0.05, 0) is 36.8 Å². The smallest absolute Gasteiger partial charge is 0.251 e. The molecule has 0 saturated carbocycles. The van der Waals surface area contributed by atoms with Crippen LogP contribution in [0.15, 0.2) is 67.1 Å². The number of benzene rings is 1. The van der Waals surface area contributed by atoms with Crippen molar-refractivity contribution in [1.29, 1.82) is 0 Å². The van der Waals surface area contributed by atoms with Gasteiger partial charge in [0.1, 0.15) is 0 Å². The first kappa shape index (κ1) is 17.3. The summed E-state index contributed by atoms with van der Waals surface area (Å²) < 4.78 is 1.59. The van der Waals surface area contributed by atoms with E-state index in [2.05, 4.69) is 20.7 Å². The van der Waals surface area contributed by atoms with Crippen LogP contribution in [0.4, 0.5) is 5.69 Å². The van der Waals surface area contributed by atoms with Gasteiger partial charge in [-0.3, -0.25) is 9.59 Å². The highest BCUT2D eigenvalue weighted by Gasteiger charge is 2.10. The lowest BCUT2D eigenvalue weighted by molar-refractivity contribution is -0.116. The van der Waals surface area contributed by atoms with Gasteiger partial charge in [0.2, 0.25) is 5.91 Å². The zero-order chi connectivity index (χ0) is 18.2. The first-order valence-electron chi connectivity index (χ1n) is 8.32. The molecule has 2 aromatic heterocycles. The molecule has 0 radical (unpaired) electrons. The largest absolute Gasteiger partial charge is 0.352 e. The van der Waals surface area contributed by atoms with E-state index in [4.69, 9.17) is 0 Å². The molecule has 2 heterocycles. The predicted molar refractivity (Wildman–Crippen MR) is 98.0 cm³/mol.